The number of halogens is 1. The maximum absolute atomic E-state index is 13.0. The lowest BCUT2D eigenvalue weighted by Crippen LogP contribution is -2.23. The second kappa shape index (κ2) is 8.44. The summed E-state index contributed by atoms with van der Waals surface area (Å²) in [6.07, 6.45) is 1.67. The Morgan fingerprint density at radius 3 is 2.48 bits per heavy atom. The van der Waals surface area contributed by atoms with Gasteiger partial charge in [-0.1, -0.05) is 42.5 Å². The summed E-state index contributed by atoms with van der Waals surface area (Å²) in [5.74, 6) is 0.210. The summed E-state index contributed by atoms with van der Waals surface area (Å²) < 4.78 is 13.0. The fourth-order valence-corrected chi connectivity index (χ4v) is 3.23. The van der Waals surface area contributed by atoms with Crippen LogP contribution in [0, 0.1) is 5.82 Å². The number of nitrogens with zero attached hydrogens (tertiary/aromatic N) is 1. The van der Waals surface area contributed by atoms with Crippen molar-refractivity contribution in [1.82, 2.24) is 10.3 Å². The molecule has 126 valence electrons. The van der Waals surface area contributed by atoms with Crippen molar-refractivity contribution >= 4 is 17.7 Å². The van der Waals surface area contributed by atoms with Gasteiger partial charge in [-0.2, -0.15) is 0 Å². The molecule has 3 nitrogen and oxygen atoms in total. The molecule has 0 aliphatic carbocycles. The van der Waals surface area contributed by atoms with E-state index in [0.29, 0.717) is 22.9 Å². The van der Waals surface area contributed by atoms with Crippen molar-refractivity contribution in [2.45, 2.75) is 17.3 Å². The van der Waals surface area contributed by atoms with E-state index < -0.39 is 0 Å². The summed E-state index contributed by atoms with van der Waals surface area (Å²) in [6.45, 7) is 0.469. The molecule has 0 radical (unpaired) electrons. The summed E-state index contributed by atoms with van der Waals surface area (Å²) in [6, 6.07) is 19.6. The first-order chi connectivity index (χ1) is 12.2. The number of hydrogen-bond acceptors (Lipinski definition) is 3. The smallest absolute Gasteiger partial charge is 0.254 e. The zero-order chi connectivity index (χ0) is 17.5. The summed E-state index contributed by atoms with van der Waals surface area (Å²) >= 11 is 1.46. The molecular formula is C20H17FN2OS. The van der Waals surface area contributed by atoms with Crippen molar-refractivity contribution in [2.24, 2.45) is 0 Å². The molecule has 0 aliphatic rings. The van der Waals surface area contributed by atoms with Crippen molar-refractivity contribution in [1.29, 1.82) is 0 Å². The Morgan fingerprint density at radius 2 is 1.72 bits per heavy atom. The lowest BCUT2D eigenvalue weighted by molar-refractivity contribution is 0.0947. The molecule has 0 fully saturated rings. The summed E-state index contributed by atoms with van der Waals surface area (Å²) in [4.78, 5) is 16.8. The molecule has 0 atom stereocenters. The van der Waals surface area contributed by atoms with Crippen molar-refractivity contribution in [3.05, 3.63) is 95.4 Å². The first kappa shape index (κ1) is 17.2. The maximum atomic E-state index is 13.0. The standard InChI is InChI=1S/C20H17FN2OS/c21-17-10-8-16(9-11-17)14-25-20-18(7-4-12-22-20)19(24)23-13-15-5-2-1-3-6-15/h1-12H,13-14H2,(H,23,24). The SMILES string of the molecule is O=C(NCc1ccccc1)c1cccnc1SCc1ccc(F)cc1. The number of hydrogen-bond donors (Lipinski definition) is 1. The molecule has 0 saturated carbocycles. The van der Waals surface area contributed by atoms with E-state index >= 15 is 0 Å². The highest BCUT2D eigenvalue weighted by molar-refractivity contribution is 7.98. The Balaban J connectivity index is 1.65. The first-order valence-electron chi connectivity index (χ1n) is 7.87. The van der Waals surface area contributed by atoms with E-state index in [1.54, 1.807) is 30.5 Å². The van der Waals surface area contributed by atoms with Crippen LogP contribution in [0.15, 0.2) is 78.0 Å². The Morgan fingerprint density at radius 1 is 0.960 bits per heavy atom. The van der Waals surface area contributed by atoms with Crippen molar-refractivity contribution < 1.29 is 9.18 Å². The summed E-state index contributed by atoms with van der Waals surface area (Å²) in [5.41, 5.74) is 2.57. The second-order valence-corrected chi connectivity index (χ2v) is 6.40. The van der Waals surface area contributed by atoms with E-state index in [2.05, 4.69) is 10.3 Å². The van der Waals surface area contributed by atoms with Gasteiger partial charge in [-0.05, 0) is 35.4 Å². The number of aromatic nitrogens is 1. The Hall–Kier alpha value is -2.66. The molecule has 3 rings (SSSR count). The Labute approximate surface area is 150 Å². The molecule has 0 bridgehead atoms. The van der Waals surface area contributed by atoms with Gasteiger partial charge in [0, 0.05) is 18.5 Å². The number of carbonyl (C=O) groups excluding carboxylic acids is 1. The van der Waals surface area contributed by atoms with Gasteiger partial charge in [0.05, 0.1) is 5.56 Å². The predicted molar refractivity (Wildman–Crippen MR) is 97.8 cm³/mol. The van der Waals surface area contributed by atoms with Crippen LogP contribution < -0.4 is 5.32 Å². The Kier molecular flexibility index (Phi) is 5.80. The molecule has 0 saturated heterocycles. The van der Waals surface area contributed by atoms with Gasteiger partial charge in [0.1, 0.15) is 10.8 Å². The average molecular weight is 352 g/mol. The molecule has 0 aliphatic heterocycles. The number of nitrogens with one attached hydrogen (secondary N) is 1. The summed E-state index contributed by atoms with van der Waals surface area (Å²) in [7, 11) is 0. The minimum absolute atomic E-state index is 0.154. The van der Waals surface area contributed by atoms with E-state index in [-0.39, 0.29) is 11.7 Å². The van der Waals surface area contributed by atoms with E-state index in [1.165, 1.54) is 23.9 Å². The molecule has 0 spiro atoms. The molecule has 2 aromatic carbocycles. The minimum atomic E-state index is -0.257. The molecule has 3 aromatic rings. The van der Waals surface area contributed by atoms with E-state index in [1.807, 2.05) is 30.3 Å². The Bertz CT molecular complexity index is 838. The zero-order valence-corrected chi connectivity index (χ0v) is 14.3. The second-order valence-electron chi connectivity index (χ2n) is 5.44. The van der Waals surface area contributed by atoms with Crippen LogP contribution in [0.2, 0.25) is 0 Å². The summed E-state index contributed by atoms with van der Waals surface area (Å²) in [5, 5.41) is 3.58. The quantitative estimate of drug-likeness (QED) is 0.667. The van der Waals surface area contributed by atoms with Gasteiger partial charge in [0.15, 0.2) is 0 Å². The van der Waals surface area contributed by atoms with Crippen molar-refractivity contribution in [3.63, 3.8) is 0 Å². The highest BCUT2D eigenvalue weighted by Gasteiger charge is 2.12. The number of amides is 1. The van der Waals surface area contributed by atoms with Gasteiger partial charge in [-0.3, -0.25) is 4.79 Å². The van der Waals surface area contributed by atoms with Crippen LogP contribution in [0.25, 0.3) is 0 Å². The fourth-order valence-electron chi connectivity index (χ4n) is 2.28. The number of benzene rings is 2. The molecule has 1 heterocycles. The van der Waals surface area contributed by atoms with Crippen molar-refractivity contribution in [2.75, 3.05) is 0 Å². The third-order valence-corrected chi connectivity index (χ3v) is 4.68. The molecule has 25 heavy (non-hydrogen) atoms. The van der Waals surface area contributed by atoms with E-state index in [4.69, 9.17) is 0 Å². The molecule has 1 N–H and O–H groups in total. The number of rotatable bonds is 6. The van der Waals surface area contributed by atoms with Gasteiger partial charge >= 0.3 is 0 Å². The fraction of sp³-hybridized carbons (Fsp3) is 0.100. The van der Waals surface area contributed by atoms with Gasteiger partial charge in [-0.25, -0.2) is 9.37 Å². The van der Waals surface area contributed by atoms with E-state index in [0.717, 1.165) is 11.1 Å². The normalized spacial score (nSPS) is 10.4. The molecular weight excluding hydrogens is 335 g/mol. The zero-order valence-electron chi connectivity index (χ0n) is 13.5. The van der Waals surface area contributed by atoms with Gasteiger partial charge in [0.25, 0.3) is 5.91 Å². The number of pyridine rings is 1. The maximum Gasteiger partial charge on any atom is 0.254 e. The molecule has 1 aromatic heterocycles. The monoisotopic (exact) mass is 352 g/mol. The molecule has 1 amide bonds. The van der Waals surface area contributed by atoms with Crippen LogP contribution in [0.5, 0.6) is 0 Å². The third kappa shape index (κ3) is 4.90. The van der Waals surface area contributed by atoms with Crippen LogP contribution in [0.1, 0.15) is 21.5 Å². The lowest BCUT2D eigenvalue weighted by Gasteiger charge is -2.09. The van der Waals surface area contributed by atoms with Gasteiger partial charge < -0.3 is 5.32 Å². The average Bonchev–Trinajstić information content (AvgIpc) is 2.67. The van der Waals surface area contributed by atoms with Gasteiger partial charge in [-0.15, -0.1) is 11.8 Å². The number of carbonyl (C=O) groups is 1. The first-order valence-corrected chi connectivity index (χ1v) is 8.85. The van der Waals surface area contributed by atoms with Crippen LogP contribution in [0.4, 0.5) is 4.39 Å². The topological polar surface area (TPSA) is 42.0 Å². The van der Waals surface area contributed by atoms with Crippen LogP contribution in [0.3, 0.4) is 0 Å². The lowest BCUT2D eigenvalue weighted by atomic mass is 10.2. The molecule has 5 heteroatoms. The highest BCUT2D eigenvalue weighted by Crippen LogP contribution is 2.24. The highest BCUT2D eigenvalue weighted by atomic mass is 32.2. The number of thioether (sulfide) groups is 1. The third-order valence-electron chi connectivity index (χ3n) is 3.60. The molecule has 0 unspecified atom stereocenters. The largest absolute Gasteiger partial charge is 0.348 e. The minimum Gasteiger partial charge on any atom is -0.348 e. The van der Waals surface area contributed by atoms with Gasteiger partial charge in [0.2, 0.25) is 0 Å². The van der Waals surface area contributed by atoms with Crippen LogP contribution in [-0.2, 0) is 12.3 Å². The van der Waals surface area contributed by atoms with Crippen LogP contribution >= 0.6 is 11.8 Å². The van der Waals surface area contributed by atoms with Crippen LogP contribution in [-0.4, -0.2) is 10.9 Å². The van der Waals surface area contributed by atoms with Crippen molar-refractivity contribution in [3.8, 4) is 0 Å². The van der Waals surface area contributed by atoms with E-state index in [9.17, 15) is 9.18 Å². The predicted octanol–water partition coefficient (Wildman–Crippen LogP) is 4.44.